The van der Waals surface area contributed by atoms with Crippen LogP contribution in [0.15, 0.2) is 24.3 Å². The van der Waals surface area contributed by atoms with E-state index in [0.717, 1.165) is 45.1 Å². The summed E-state index contributed by atoms with van der Waals surface area (Å²) < 4.78 is 5.72. The Labute approximate surface area is 97.4 Å². The lowest BCUT2D eigenvalue weighted by molar-refractivity contribution is 0.226. The Hall–Kier alpha value is -1.06. The molecule has 0 unspecified atom stereocenters. The first kappa shape index (κ1) is 11.4. The van der Waals surface area contributed by atoms with Crippen LogP contribution in [0.4, 0.5) is 0 Å². The van der Waals surface area contributed by atoms with Crippen molar-refractivity contribution in [2.75, 3.05) is 32.8 Å². The van der Waals surface area contributed by atoms with Crippen molar-refractivity contribution in [1.29, 1.82) is 0 Å². The summed E-state index contributed by atoms with van der Waals surface area (Å²) >= 11 is 0. The first-order valence-corrected chi connectivity index (χ1v) is 6.04. The summed E-state index contributed by atoms with van der Waals surface area (Å²) in [5, 5.41) is 3.36. The summed E-state index contributed by atoms with van der Waals surface area (Å²) in [6.07, 6.45) is 0. The van der Waals surface area contributed by atoms with Crippen LogP contribution in [0.2, 0.25) is 0 Å². The number of hydrogen-bond acceptors (Lipinski definition) is 3. The summed E-state index contributed by atoms with van der Waals surface area (Å²) in [5.74, 6) is 1.05. The number of nitrogens with one attached hydrogen (secondary N) is 1. The lowest BCUT2D eigenvalue weighted by atomic mass is 10.2. The average molecular weight is 220 g/mol. The Morgan fingerprint density at radius 3 is 3.12 bits per heavy atom. The molecule has 0 amide bonds. The predicted molar refractivity (Wildman–Crippen MR) is 65.8 cm³/mol. The van der Waals surface area contributed by atoms with Crippen LogP contribution in [-0.2, 0) is 6.54 Å². The molecule has 0 aliphatic carbocycles. The van der Waals surface area contributed by atoms with Gasteiger partial charge in [-0.2, -0.15) is 0 Å². The average Bonchev–Trinajstić information content (AvgIpc) is 2.51. The summed E-state index contributed by atoms with van der Waals surface area (Å²) in [7, 11) is 0. The maximum absolute atomic E-state index is 5.72. The van der Waals surface area contributed by atoms with E-state index in [-0.39, 0.29) is 0 Å². The van der Waals surface area contributed by atoms with E-state index >= 15 is 0 Å². The predicted octanol–water partition coefficient (Wildman–Crippen LogP) is 1.49. The highest BCUT2D eigenvalue weighted by Crippen LogP contribution is 2.21. The van der Waals surface area contributed by atoms with Crippen LogP contribution in [0.25, 0.3) is 0 Å². The van der Waals surface area contributed by atoms with Crippen molar-refractivity contribution in [2.45, 2.75) is 13.5 Å². The maximum atomic E-state index is 5.72. The van der Waals surface area contributed by atoms with Gasteiger partial charge in [0, 0.05) is 31.7 Å². The fraction of sp³-hybridized carbons (Fsp3) is 0.538. The molecule has 3 heteroatoms. The van der Waals surface area contributed by atoms with Crippen molar-refractivity contribution in [3.05, 3.63) is 29.8 Å². The maximum Gasteiger partial charge on any atom is 0.123 e. The van der Waals surface area contributed by atoms with Gasteiger partial charge in [-0.25, -0.2) is 0 Å². The molecule has 1 aliphatic heterocycles. The van der Waals surface area contributed by atoms with Gasteiger partial charge in [-0.15, -0.1) is 0 Å². The van der Waals surface area contributed by atoms with Gasteiger partial charge in [0.1, 0.15) is 12.4 Å². The van der Waals surface area contributed by atoms with Crippen LogP contribution in [-0.4, -0.2) is 37.7 Å². The van der Waals surface area contributed by atoms with Gasteiger partial charge in [0.15, 0.2) is 0 Å². The van der Waals surface area contributed by atoms with Gasteiger partial charge >= 0.3 is 0 Å². The number of nitrogens with zero attached hydrogens (tertiary/aromatic N) is 1. The Morgan fingerprint density at radius 2 is 2.25 bits per heavy atom. The number of rotatable bonds is 4. The van der Waals surface area contributed by atoms with Crippen molar-refractivity contribution >= 4 is 0 Å². The molecule has 1 aromatic carbocycles. The van der Waals surface area contributed by atoms with E-state index in [0.29, 0.717) is 0 Å². The molecule has 1 N–H and O–H groups in total. The van der Waals surface area contributed by atoms with Crippen molar-refractivity contribution in [3.63, 3.8) is 0 Å². The molecule has 0 saturated carbocycles. The summed E-state index contributed by atoms with van der Waals surface area (Å²) in [4.78, 5) is 2.44. The first-order valence-electron chi connectivity index (χ1n) is 6.04. The molecule has 0 bridgehead atoms. The lowest BCUT2D eigenvalue weighted by Crippen LogP contribution is -2.33. The number of hydrogen-bond donors (Lipinski definition) is 1. The summed E-state index contributed by atoms with van der Waals surface area (Å²) in [6, 6.07) is 8.33. The normalized spacial score (nSPS) is 16.3. The Morgan fingerprint density at radius 1 is 1.38 bits per heavy atom. The zero-order valence-corrected chi connectivity index (χ0v) is 9.91. The minimum atomic E-state index is 0.795. The fourth-order valence-electron chi connectivity index (χ4n) is 1.98. The zero-order chi connectivity index (χ0) is 11.2. The van der Waals surface area contributed by atoms with Gasteiger partial charge in [0.25, 0.3) is 0 Å². The van der Waals surface area contributed by atoms with Crippen molar-refractivity contribution < 1.29 is 4.74 Å². The van der Waals surface area contributed by atoms with E-state index in [2.05, 4.69) is 35.3 Å². The van der Waals surface area contributed by atoms with E-state index in [4.69, 9.17) is 4.74 Å². The van der Waals surface area contributed by atoms with Crippen LogP contribution < -0.4 is 10.1 Å². The molecule has 1 heterocycles. The SMILES string of the molecule is CCNCCN1CCOc2ccccc2C1. The molecule has 2 rings (SSSR count). The molecular weight excluding hydrogens is 200 g/mol. The van der Waals surface area contributed by atoms with Gasteiger partial charge in [-0.3, -0.25) is 4.90 Å². The number of benzene rings is 1. The molecule has 1 aromatic rings. The molecule has 88 valence electrons. The monoisotopic (exact) mass is 220 g/mol. The molecule has 0 aromatic heterocycles. The highest BCUT2D eigenvalue weighted by molar-refractivity contribution is 5.33. The number of fused-ring (bicyclic) bond motifs is 1. The van der Waals surface area contributed by atoms with Gasteiger partial charge in [-0.1, -0.05) is 25.1 Å². The van der Waals surface area contributed by atoms with Crippen LogP contribution in [0.3, 0.4) is 0 Å². The van der Waals surface area contributed by atoms with Crippen molar-refractivity contribution in [3.8, 4) is 5.75 Å². The first-order chi connectivity index (χ1) is 7.90. The van der Waals surface area contributed by atoms with Crippen molar-refractivity contribution in [1.82, 2.24) is 10.2 Å². The zero-order valence-electron chi connectivity index (χ0n) is 9.91. The lowest BCUT2D eigenvalue weighted by Gasteiger charge is -2.19. The van der Waals surface area contributed by atoms with E-state index < -0.39 is 0 Å². The number of para-hydroxylation sites is 1. The van der Waals surface area contributed by atoms with Crippen LogP contribution in [0, 0.1) is 0 Å². The topological polar surface area (TPSA) is 24.5 Å². The van der Waals surface area contributed by atoms with E-state index in [1.54, 1.807) is 0 Å². The molecule has 0 atom stereocenters. The number of ether oxygens (including phenoxy) is 1. The Kier molecular flexibility index (Phi) is 4.19. The van der Waals surface area contributed by atoms with Gasteiger partial charge in [-0.05, 0) is 12.6 Å². The standard InChI is InChI=1S/C13H20N2O/c1-2-14-7-8-15-9-10-16-13-6-4-3-5-12(13)11-15/h3-6,14H,2,7-11H2,1H3. The highest BCUT2D eigenvalue weighted by Gasteiger charge is 2.13. The largest absolute Gasteiger partial charge is 0.492 e. The molecule has 0 radical (unpaired) electrons. The van der Waals surface area contributed by atoms with Gasteiger partial charge in [0.2, 0.25) is 0 Å². The second kappa shape index (κ2) is 5.87. The van der Waals surface area contributed by atoms with Crippen LogP contribution in [0.1, 0.15) is 12.5 Å². The third kappa shape index (κ3) is 2.97. The van der Waals surface area contributed by atoms with Crippen LogP contribution in [0.5, 0.6) is 5.75 Å². The van der Waals surface area contributed by atoms with Crippen molar-refractivity contribution in [2.24, 2.45) is 0 Å². The second-order valence-corrected chi connectivity index (χ2v) is 4.09. The second-order valence-electron chi connectivity index (χ2n) is 4.09. The van der Waals surface area contributed by atoms with E-state index in [9.17, 15) is 0 Å². The van der Waals surface area contributed by atoms with Crippen LogP contribution >= 0.6 is 0 Å². The summed E-state index contributed by atoms with van der Waals surface area (Å²) in [6.45, 7) is 8.14. The molecule has 0 spiro atoms. The van der Waals surface area contributed by atoms with E-state index in [1.165, 1.54) is 5.56 Å². The highest BCUT2D eigenvalue weighted by atomic mass is 16.5. The molecule has 0 fully saturated rings. The van der Waals surface area contributed by atoms with Gasteiger partial charge < -0.3 is 10.1 Å². The number of likely N-dealkylation sites (N-methyl/N-ethyl adjacent to an activating group) is 1. The minimum Gasteiger partial charge on any atom is -0.492 e. The molecular formula is C13H20N2O. The quantitative estimate of drug-likeness (QED) is 0.778. The molecule has 0 saturated heterocycles. The van der Waals surface area contributed by atoms with E-state index in [1.807, 2.05) is 6.07 Å². The Balaban J connectivity index is 1.94. The molecule has 3 nitrogen and oxygen atoms in total. The third-order valence-electron chi connectivity index (χ3n) is 2.89. The third-order valence-corrected chi connectivity index (χ3v) is 2.89. The summed E-state index contributed by atoms with van der Waals surface area (Å²) in [5.41, 5.74) is 1.30. The van der Waals surface area contributed by atoms with Gasteiger partial charge in [0.05, 0.1) is 0 Å². The fourth-order valence-corrected chi connectivity index (χ4v) is 1.98. The smallest absolute Gasteiger partial charge is 0.123 e. The minimum absolute atomic E-state index is 0.795. The molecule has 1 aliphatic rings. The molecule has 16 heavy (non-hydrogen) atoms. The Bertz CT molecular complexity index is 327.